The van der Waals surface area contributed by atoms with Gasteiger partial charge >= 0.3 is 6.09 Å². The largest absolute Gasteiger partial charge is 0.444 e. The van der Waals surface area contributed by atoms with Gasteiger partial charge in [0.05, 0.1) is 13.1 Å². The van der Waals surface area contributed by atoms with E-state index in [4.69, 9.17) is 9.84 Å². The van der Waals surface area contributed by atoms with Crippen LogP contribution in [0.15, 0.2) is 0 Å². The number of amides is 1. The molecule has 0 aromatic heterocycles. The molecule has 1 amide bonds. The second-order valence-corrected chi connectivity index (χ2v) is 5.13. The van der Waals surface area contributed by atoms with Crippen LogP contribution in [0.1, 0.15) is 20.8 Å². The average molecular weight is 253 g/mol. The van der Waals surface area contributed by atoms with E-state index in [0.717, 1.165) is 0 Å². The summed E-state index contributed by atoms with van der Waals surface area (Å²) in [7, 11) is 0. The number of hydrogen-bond acceptors (Lipinski definition) is 4. The molecule has 2 unspecified atom stereocenters. The van der Waals surface area contributed by atoms with Gasteiger partial charge in [0.15, 0.2) is 0 Å². The summed E-state index contributed by atoms with van der Waals surface area (Å²) in [5.41, 5.74) is -0.798. The summed E-state index contributed by atoms with van der Waals surface area (Å²) < 4.78 is 31.4. The van der Waals surface area contributed by atoms with Crippen LogP contribution >= 0.6 is 0 Å². The van der Waals surface area contributed by atoms with Gasteiger partial charge in [-0.1, -0.05) is 0 Å². The van der Waals surface area contributed by atoms with Gasteiger partial charge < -0.3 is 14.9 Å². The lowest BCUT2D eigenvalue weighted by Gasteiger charge is -2.39. The number of aliphatic hydroxyl groups excluding tert-OH is 2. The second-order valence-electron chi connectivity index (χ2n) is 5.13. The molecular weight excluding hydrogens is 236 g/mol. The fraction of sp³-hybridized carbons (Fsp3) is 0.900. The maximum absolute atomic E-state index is 13.2. The summed E-state index contributed by atoms with van der Waals surface area (Å²) in [4.78, 5) is 12.2. The fourth-order valence-electron chi connectivity index (χ4n) is 1.49. The predicted molar refractivity (Wildman–Crippen MR) is 54.8 cm³/mol. The highest BCUT2D eigenvalue weighted by atomic mass is 19.3. The summed E-state index contributed by atoms with van der Waals surface area (Å²) in [6, 6.07) is 0. The minimum absolute atomic E-state index is 0.369. The Morgan fingerprint density at radius 3 is 2.35 bits per heavy atom. The van der Waals surface area contributed by atoms with E-state index in [1.54, 1.807) is 20.8 Å². The van der Waals surface area contributed by atoms with Crippen molar-refractivity contribution in [1.82, 2.24) is 4.90 Å². The molecule has 5 nitrogen and oxygen atoms in total. The Morgan fingerprint density at radius 1 is 1.41 bits per heavy atom. The van der Waals surface area contributed by atoms with Crippen LogP contribution < -0.4 is 0 Å². The van der Waals surface area contributed by atoms with Crippen molar-refractivity contribution in [2.45, 2.75) is 44.5 Å². The van der Waals surface area contributed by atoms with Gasteiger partial charge in [-0.05, 0) is 20.8 Å². The molecule has 7 heteroatoms. The molecule has 2 atom stereocenters. The topological polar surface area (TPSA) is 70.0 Å². The molecule has 1 rings (SSSR count). The Kier molecular flexibility index (Phi) is 3.63. The highest BCUT2D eigenvalue weighted by molar-refractivity contribution is 5.68. The first-order valence-electron chi connectivity index (χ1n) is 5.25. The molecule has 0 spiro atoms. The quantitative estimate of drug-likeness (QED) is 0.663. The number of β-amino-alcohol motifs (C(OH)–C–C–N with tert-alkyl or cyclic N) is 1. The van der Waals surface area contributed by atoms with Gasteiger partial charge in [0.2, 0.25) is 0 Å². The van der Waals surface area contributed by atoms with Gasteiger partial charge in [0.25, 0.3) is 5.92 Å². The van der Waals surface area contributed by atoms with Gasteiger partial charge in [-0.25, -0.2) is 13.6 Å². The van der Waals surface area contributed by atoms with Crippen LogP contribution in [-0.2, 0) is 4.74 Å². The van der Waals surface area contributed by atoms with Crippen molar-refractivity contribution in [3.8, 4) is 0 Å². The normalized spacial score (nSPS) is 29.0. The molecular formula is C10H17F2NO4. The van der Waals surface area contributed by atoms with Crippen LogP contribution in [0.25, 0.3) is 0 Å². The number of aliphatic hydroxyl groups is 2. The van der Waals surface area contributed by atoms with Crippen molar-refractivity contribution >= 4 is 6.09 Å². The Morgan fingerprint density at radius 2 is 1.94 bits per heavy atom. The first kappa shape index (κ1) is 14.1. The highest BCUT2D eigenvalue weighted by Crippen LogP contribution is 2.28. The van der Waals surface area contributed by atoms with Gasteiger partial charge in [-0.3, -0.25) is 4.90 Å². The summed E-state index contributed by atoms with van der Waals surface area (Å²) in [6.07, 6.45) is -4.75. The lowest BCUT2D eigenvalue weighted by atomic mass is 10.0. The van der Waals surface area contributed by atoms with E-state index in [2.05, 4.69) is 0 Å². The fourth-order valence-corrected chi connectivity index (χ4v) is 1.49. The third kappa shape index (κ3) is 3.50. The van der Waals surface area contributed by atoms with Crippen molar-refractivity contribution in [3.05, 3.63) is 0 Å². The van der Waals surface area contributed by atoms with Crippen molar-refractivity contribution < 1.29 is 28.5 Å². The molecule has 17 heavy (non-hydrogen) atoms. The van der Waals surface area contributed by atoms with E-state index in [1.165, 1.54) is 0 Å². The Bertz CT molecular complexity index is 303. The molecule has 0 bridgehead atoms. The van der Waals surface area contributed by atoms with E-state index in [1.807, 2.05) is 0 Å². The van der Waals surface area contributed by atoms with Gasteiger partial charge in [0.1, 0.15) is 17.8 Å². The number of alkyl halides is 2. The molecule has 1 heterocycles. The summed E-state index contributed by atoms with van der Waals surface area (Å²) >= 11 is 0. The number of carbonyl (C=O) groups excluding carboxylic acids is 1. The van der Waals surface area contributed by atoms with Crippen molar-refractivity contribution in [2.24, 2.45) is 0 Å². The zero-order valence-electron chi connectivity index (χ0n) is 9.98. The zero-order chi connectivity index (χ0) is 13.4. The van der Waals surface area contributed by atoms with E-state index < -0.39 is 36.4 Å². The number of carbonyl (C=O) groups is 1. The third-order valence-corrected chi connectivity index (χ3v) is 2.26. The molecule has 100 valence electrons. The lowest BCUT2D eigenvalue weighted by molar-refractivity contribution is -0.190. The Hall–Kier alpha value is -0.950. The number of rotatable bonds is 0. The first-order valence-corrected chi connectivity index (χ1v) is 5.25. The smallest absolute Gasteiger partial charge is 0.410 e. The molecule has 2 N–H and O–H groups in total. The molecule has 0 aromatic carbocycles. The van der Waals surface area contributed by atoms with Crippen molar-refractivity contribution in [3.63, 3.8) is 0 Å². The third-order valence-electron chi connectivity index (χ3n) is 2.26. The number of nitrogens with zero attached hydrogens (tertiary/aromatic N) is 1. The molecule has 0 saturated carbocycles. The minimum atomic E-state index is -3.53. The lowest BCUT2D eigenvalue weighted by Crippen LogP contribution is -2.61. The van der Waals surface area contributed by atoms with Crippen molar-refractivity contribution in [2.75, 3.05) is 13.1 Å². The summed E-state index contributed by atoms with van der Waals surface area (Å²) in [5, 5.41) is 18.3. The monoisotopic (exact) mass is 253 g/mol. The van der Waals surface area contributed by atoms with Gasteiger partial charge in [-0.2, -0.15) is 0 Å². The number of piperidine rings is 1. The summed E-state index contributed by atoms with van der Waals surface area (Å²) in [5.74, 6) is -3.53. The van der Waals surface area contributed by atoms with E-state index in [9.17, 15) is 18.7 Å². The number of likely N-dealkylation sites (tertiary alicyclic amines) is 1. The predicted octanol–water partition coefficient (Wildman–Crippen LogP) is 0.594. The van der Waals surface area contributed by atoms with E-state index >= 15 is 0 Å². The van der Waals surface area contributed by atoms with Gasteiger partial charge in [-0.15, -0.1) is 0 Å². The van der Waals surface area contributed by atoms with E-state index in [-0.39, 0.29) is 6.54 Å². The standard InChI is InChI=1S/C10H17F2NO4/c1-9(2,3)17-8(16)13-4-6(14)7(15)10(11,12)5-13/h6-7,14-15H,4-5H2,1-3H3. The minimum Gasteiger partial charge on any atom is -0.444 e. The number of hydrogen-bond donors (Lipinski definition) is 2. The Labute approximate surface area is 98.0 Å². The molecule has 1 fully saturated rings. The molecule has 1 aliphatic heterocycles. The Balaban J connectivity index is 2.71. The van der Waals surface area contributed by atoms with E-state index in [0.29, 0.717) is 4.90 Å². The maximum atomic E-state index is 13.2. The second kappa shape index (κ2) is 4.38. The molecule has 0 aliphatic carbocycles. The summed E-state index contributed by atoms with van der Waals surface area (Å²) in [6.45, 7) is 3.50. The van der Waals surface area contributed by atoms with Crippen LogP contribution in [0.4, 0.5) is 13.6 Å². The van der Waals surface area contributed by atoms with Crippen LogP contribution in [0.2, 0.25) is 0 Å². The number of ether oxygens (including phenoxy) is 1. The first-order chi connectivity index (χ1) is 7.53. The average Bonchev–Trinajstić information content (AvgIpc) is 2.10. The van der Waals surface area contributed by atoms with Crippen LogP contribution in [-0.4, -0.2) is 58.0 Å². The number of halogens is 2. The van der Waals surface area contributed by atoms with Crippen LogP contribution in [0, 0.1) is 0 Å². The molecule has 0 aromatic rings. The van der Waals surface area contributed by atoms with Crippen LogP contribution in [0.5, 0.6) is 0 Å². The highest BCUT2D eigenvalue weighted by Gasteiger charge is 2.50. The molecule has 1 saturated heterocycles. The van der Waals surface area contributed by atoms with Crippen molar-refractivity contribution in [1.29, 1.82) is 0 Å². The van der Waals surface area contributed by atoms with Crippen LogP contribution in [0.3, 0.4) is 0 Å². The van der Waals surface area contributed by atoms with Gasteiger partial charge in [0, 0.05) is 0 Å². The maximum Gasteiger partial charge on any atom is 0.410 e. The zero-order valence-corrected chi connectivity index (χ0v) is 9.98. The molecule has 1 aliphatic rings. The molecule has 0 radical (unpaired) electrons. The SMILES string of the molecule is CC(C)(C)OC(=O)N1CC(O)C(O)C(F)(F)C1.